The van der Waals surface area contributed by atoms with E-state index < -0.39 is 11.6 Å². The van der Waals surface area contributed by atoms with Crippen molar-refractivity contribution in [3.05, 3.63) is 35.9 Å². The number of hydrogen-bond acceptors (Lipinski definition) is 3. The van der Waals surface area contributed by atoms with Gasteiger partial charge in [-0.05, 0) is 12.5 Å². The zero-order chi connectivity index (χ0) is 13.2. The van der Waals surface area contributed by atoms with E-state index in [1.54, 1.807) is 0 Å². The van der Waals surface area contributed by atoms with E-state index in [0.29, 0.717) is 19.6 Å². The topological polar surface area (TPSA) is 73.2 Å². The Kier molecular flexibility index (Phi) is 3.34. The third kappa shape index (κ3) is 1.86. The average molecular weight is 246 g/mol. The molecule has 18 heavy (non-hydrogen) atoms. The lowest BCUT2D eigenvalue weighted by Crippen LogP contribution is -2.64. The fourth-order valence-corrected chi connectivity index (χ4v) is 2.51. The number of carbonyl (C=O) groups excluding carboxylic acids is 2. The summed E-state index contributed by atoms with van der Waals surface area (Å²) in [4.78, 5) is 25.0. The van der Waals surface area contributed by atoms with Gasteiger partial charge in [0.25, 0.3) is 0 Å². The van der Waals surface area contributed by atoms with E-state index in [2.05, 4.69) is 5.32 Å². The average Bonchev–Trinajstić information content (AvgIpc) is 2.39. The maximum absolute atomic E-state index is 12.1. The molecule has 0 aromatic heterocycles. The molecule has 5 heteroatoms. The second-order valence-corrected chi connectivity index (χ2v) is 4.42. The molecule has 1 fully saturated rings. The maximum atomic E-state index is 12.1. The number of benzene rings is 1. The van der Waals surface area contributed by atoms with E-state index >= 15 is 0 Å². The zero-order valence-corrected chi connectivity index (χ0v) is 10.3. The number of piperazine rings is 1. The van der Waals surface area contributed by atoms with Crippen LogP contribution in [0.4, 0.5) is 4.79 Å². The minimum atomic E-state index is -1.04. The van der Waals surface area contributed by atoms with Gasteiger partial charge in [0.05, 0.1) is 0 Å². The number of hydrogen-bond donors (Lipinski definition) is 1. The normalized spacial score (nSPS) is 23.7. The van der Waals surface area contributed by atoms with E-state index in [0.717, 1.165) is 5.56 Å². The van der Waals surface area contributed by atoms with Crippen molar-refractivity contribution >= 4 is 11.8 Å². The molecular weight excluding hydrogens is 230 g/mol. The van der Waals surface area contributed by atoms with Crippen LogP contribution in [0, 0.1) is 0 Å². The summed E-state index contributed by atoms with van der Waals surface area (Å²) in [6.07, 6.45) is 0. The molecule has 0 bridgehead atoms. The molecule has 1 atom stereocenters. The molecule has 1 aliphatic rings. The van der Waals surface area contributed by atoms with E-state index in [4.69, 9.17) is 5.73 Å². The highest BCUT2D eigenvalue weighted by atomic mass is 16.2. The predicted molar refractivity (Wildman–Crippen MR) is 66.9 cm³/mol. The van der Waals surface area contributed by atoms with Gasteiger partial charge in [0.2, 0.25) is 0 Å². The zero-order valence-electron chi connectivity index (χ0n) is 10.3. The van der Waals surface area contributed by atoms with Gasteiger partial charge in [-0.1, -0.05) is 30.3 Å². The van der Waals surface area contributed by atoms with Crippen LogP contribution in [0.25, 0.3) is 0 Å². The SMILES string of the molecule is CC(=O)C1(c2ccccc2)CNCCN1C([NH])=O. The summed E-state index contributed by atoms with van der Waals surface area (Å²) in [6, 6.07) is 8.37. The first kappa shape index (κ1) is 12.6. The van der Waals surface area contributed by atoms with Crippen LogP contribution in [0.5, 0.6) is 0 Å². The first-order chi connectivity index (χ1) is 8.59. The number of nitrogens with one attached hydrogen (secondary N) is 2. The number of rotatable bonds is 2. The molecule has 1 aliphatic heterocycles. The summed E-state index contributed by atoms with van der Waals surface area (Å²) in [7, 11) is 0. The Morgan fingerprint density at radius 1 is 1.33 bits per heavy atom. The number of nitrogens with zero attached hydrogens (tertiary/aromatic N) is 1. The highest BCUT2D eigenvalue weighted by Gasteiger charge is 2.46. The van der Waals surface area contributed by atoms with Gasteiger partial charge in [-0.3, -0.25) is 4.79 Å². The van der Waals surface area contributed by atoms with E-state index in [1.807, 2.05) is 30.3 Å². The molecule has 1 unspecified atom stereocenters. The van der Waals surface area contributed by atoms with Crippen molar-refractivity contribution in [1.29, 1.82) is 0 Å². The van der Waals surface area contributed by atoms with Crippen molar-refractivity contribution in [2.75, 3.05) is 19.6 Å². The van der Waals surface area contributed by atoms with Gasteiger partial charge in [0.1, 0.15) is 5.54 Å². The summed E-state index contributed by atoms with van der Waals surface area (Å²) in [5.41, 5.74) is 7.09. The molecule has 2 rings (SSSR count). The first-order valence-electron chi connectivity index (χ1n) is 5.89. The molecule has 0 saturated carbocycles. The number of urea groups is 1. The van der Waals surface area contributed by atoms with Gasteiger partial charge in [-0.25, -0.2) is 10.5 Å². The summed E-state index contributed by atoms with van der Waals surface area (Å²) >= 11 is 0. The molecule has 1 heterocycles. The monoisotopic (exact) mass is 246 g/mol. The number of amides is 2. The Morgan fingerprint density at radius 2 is 2.00 bits per heavy atom. The lowest BCUT2D eigenvalue weighted by Gasteiger charge is -2.45. The van der Waals surface area contributed by atoms with Crippen LogP contribution in [-0.4, -0.2) is 36.3 Å². The summed E-state index contributed by atoms with van der Waals surface area (Å²) in [5, 5.41) is 3.14. The van der Waals surface area contributed by atoms with Crippen molar-refractivity contribution in [2.45, 2.75) is 12.5 Å². The van der Waals surface area contributed by atoms with E-state index in [1.165, 1.54) is 11.8 Å². The van der Waals surface area contributed by atoms with Crippen LogP contribution in [0.15, 0.2) is 30.3 Å². The van der Waals surface area contributed by atoms with Crippen LogP contribution >= 0.6 is 0 Å². The van der Waals surface area contributed by atoms with Crippen LogP contribution in [-0.2, 0) is 10.3 Å². The molecule has 1 saturated heterocycles. The second kappa shape index (κ2) is 4.78. The number of carbonyl (C=O) groups is 2. The first-order valence-corrected chi connectivity index (χ1v) is 5.89. The summed E-state index contributed by atoms with van der Waals surface area (Å²) in [5.74, 6) is -0.124. The standard InChI is InChI=1S/C13H16N3O2/c1-10(17)13(11-5-3-2-4-6-11)9-15-7-8-16(13)12(14)18/h2-6,14-15H,7-9H2,1H3. The van der Waals surface area contributed by atoms with Crippen LogP contribution in [0.3, 0.4) is 0 Å². The molecule has 0 spiro atoms. The van der Waals surface area contributed by atoms with Gasteiger partial charge in [0, 0.05) is 19.6 Å². The smallest absolute Gasteiger partial charge is 0.312 e. The third-order valence-electron chi connectivity index (χ3n) is 3.43. The number of ketones is 1. The van der Waals surface area contributed by atoms with Crippen molar-refractivity contribution in [3.63, 3.8) is 0 Å². The minimum Gasteiger partial charge on any atom is -0.312 e. The quantitative estimate of drug-likeness (QED) is 0.838. The fraction of sp³-hybridized carbons (Fsp3) is 0.385. The van der Waals surface area contributed by atoms with Gasteiger partial charge in [-0.2, -0.15) is 0 Å². The number of Topliss-reactive ketones (excluding diaryl/α,β-unsaturated/α-hetero) is 1. The van der Waals surface area contributed by atoms with Gasteiger partial charge < -0.3 is 10.2 Å². The fourth-order valence-electron chi connectivity index (χ4n) is 2.51. The van der Waals surface area contributed by atoms with Gasteiger partial charge in [0.15, 0.2) is 5.78 Å². The molecule has 1 aromatic carbocycles. The highest BCUT2D eigenvalue weighted by molar-refractivity contribution is 5.92. The highest BCUT2D eigenvalue weighted by Crippen LogP contribution is 2.31. The van der Waals surface area contributed by atoms with Gasteiger partial charge in [-0.15, -0.1) is 0 Å². The Morgan fingerprint density at radius 3 is 2.56 bits per heavy atom. The molecule has 1 aromatic rings. The summed E-state index contributed by atoms with van der Waals surface area (Å²) in [6.45, 7) is 2.80. The third-order valence-corrected chi connectivity index (χ3v) is 3.43. The molecule has 95 valence electrons. The molecule has 0 aliphatic carbocycles. The van der Waals surface area contributed by atoms with Crippen molar-refractivity contribution in [2.24, 2.45) is 0 Å². The molecule has 2 amide bonds. The summed E-state index contributed by atoms with van der Waals surface area (Å²) < 4.78 is 0. The van der Waals surface area contributed by atoms with E-state index in [-0.39, 0.29) is 5.78 Å². The second-order valence-electron chi connectivity index (χ2n) is 4.42. The molecule has 2 N–H and O–H groups in total. The molecular formula is C13H16N3O2. The van der Waals surface area contributed by atoms with Crippen LogP contribution < -0.4 is 11.1 Å². The van der Waals surface area contributed by atoms with Crippen LogP contribution in [0.1, 0.15) is 12.5 Å². The van der Waals surface area contributed by atoms with Crippen molar-refractivity contribution in [3.8, 4) is 0 Å². The molecule has 5 nitrogen and oxygen atoms in total. The Bertz CT molecular complexity index is 461. The lowest BCUT2D eigenvalue weighted by atomic mass is 9.83. The predicted octanol–water partition coefficient (Wildman–Crippen LogP) is 0.779. The van der Waals surface area contributed by atoms with Gasteiger partial charge >= 0.3 is 6.03 Å². The Labute approximate surface area is 106 Å². The van der Waals surface area contributed by atoms with Crippen molar-refractivity contribution < 1.29 is 9.59 Å². The maximum Gasteiger partial charge on any atom is 0.337 e. The largest absolute Gasteiger partial charge is 0.337 e. The van der Waals surface area contributed by atoms with Crippen molar-refractivity contribution in [1.82, 2.24) is 16.0 Å². The van der Waals surface area contributed by atoms with E-state index in [9.17, 15) is 9.59 Å². The Hall–Kier alpha value is -1.88. The van der Waals surface area contributed by atoms with Crippen LogP contribution in [0.2, 0.25) is 0 Å². The molecule has 1 radical (unpaired) electrons. The lowest BCUT2D eigenvalue weighted by molar-refractivity contribution is -0.128. The Balaban J connectivity index is 2.54. The minimum absolute atomic E-state index is 0.124.